The van der Waals surface area contributed by atoms with Crippen molar-refractivity contribution in [2.75, 3.05) is 6.61 Å². The normalized spacial score (nSPS) is 13.2. The van der Waals surface area contributed by atoms with Gasteiger partial charge in [0.05, 0.1) is 12.3 Å². The van der Waals surface area contributed by atoms with Gasteiger partial charge in [0.1, 0.15) is 8.07 Å². The van der Waals surface area contributed by atoms with Crippen molar-refractivity contribution in [3.63, 3.8) is 0 Å². The summed E-state index contributed by atoms with van der Waals surface area (Å²) in [6.45, 7) is 30.1. The number of rotatable bonds is 10. The molecule has 0 aliphatic carbocycles. The van der Waals surface area contributed by atoms with Gasteiger partial charge in [-0.2, -0.15) is 0 Å². The van der Waals surface area contributed by atoms with Crippen molar-refractivity contribution < 1.29 is 4.43 Å². The predicted molar refractivity (Wildman–Crippen MR) is 157 cm³/mol. The fourth-order valence-corrected chi connectivity index (χ4v) is 17.6. The van der Waals surface area contributed by atoms with Crippen molar-refractivity contribution in [1.82, 2.24) is 4.57 Å². The van der Waals surface area contributed by atoms with E-state index in [2.05, 4.69) is 129 Å². The minimum absolute atomic E-state index is 0.600. The smallest absolute Gasteiger partial charge is 0.200 e. The van der Waals surface area contributed by atoms with Crippen LogP contribution in [0.1, 0.15) is 88.8 Å². The van der Waals surface area contributed by atoms with Gasteiger partial charge in [0.2, 0.25) is 0 Å². The zero-order chi connectivity index (χ0) is 25.8. The fourth-order valence-electron chi connectivity index (χ4n) is 6.97. The standard InChI is InChI=1S/C30H51NOSi2/c1-22(2)33(23(3)4,24(5)6)20-17-29-21-28-15-13-14-16-30(28)31(29)18-19-32-34(25(7)8,26(9)10)27(11)12/h13-16,21-27H,18-19H2,1-12H3. The molecule has 0 unspecified atom stereocenters. The van der Waals surface area contributed by atoms with Crippen LogP contribution in [0.2, 0.25) is 33.2 Å². The average molecular weight is 498 g/mol. The highest BCUT2D eigenvalue weighted by atomic mass is 28.4. The lowest BCUT2D eigenvalue weighted by molar-refractivity contribution is 0.263. The van der Waals surface area contributed by atoms with Crippen LogP contribution in [-0.4, -0.2) is 27.6 Å². The third-order valence-electron chi connectivity index (χ3n) is 8.46. The quantitative estimate of drug-likeness (QED) is 0.235. The lowest BCUT2D eigenvalue weighted by Gasteiger charge is -2.42. The molecular weight excluding hydrogens is 447 g/mol. The van der Waals surface area contributed by atoms with Crippen LogP contribution in [0.4, 0.5) is 0 Å². The molecule has 0 amide bonds. The largest absolute Gasteiger partial charge is 0.414 e. The molecule has 0 saturated carbocycles. The Morgan fingerprint density at radius 1 is 0.735 bits per heavy atom. The van der Waals surface area contributed by atoms with E-state index in [-0.39, 0.29) is 0 Å². The summed E-state index contributed by atoms with van der Waals surface area (Å²) in [4.78, 5) is 0. The van der Waals surface area contributed by atoms with Crippen molar-refractivity contribution in [3.8, 4) is 11.5 Å². The molecule has 0 N–H and O–H groups in total. The summed E-state index contributed by atoms with van der Waals surface area (Å²) >= 11 is 0. The number of fused-ring (bicyclic) bond motifs is 1. The number of para-hydroxylation sites is 1. The molecule has 1 heterocycles. The van der Waals surface area contributed by atoms with Crippen LogP contribution in [0.25, 0.3) is 10.9 Å². The van der Waals surface area contributed by atoms with Crippen LogP contribution in [0.15, 0.2) is 30.3 Å². The van der Waals surface area contributed by atoms with Crippen LogP contribution < -0.4 is 0 Å². The molecule has 2 rings (SSSR count). The summed E-state index contributed by atoms with van der Waals surface area (Å²) in [5, 5.41) is 1.28. The molecular formula is C30H51NOSi2. The molecule has 1 aromatic carbocycles. The lowest BCUT2D eigenvalue weighted by Crippen LogP contribution is -2.48. The van der Waals surface area contributed by atoms with Crippen LogP contribution in [-0.2, 0) is 11.0 Å². The highest BCUT2D eigenvalue weighted by Crippen LogP contribution is 2.43. The summed E-state index contributed by atoms with van der Waals surface area (Å²) < 4.78 is 9.35. The molecule has 0 spiro atoms. The second-order valence-electron chi connectivity index (χ2n) is 12.1. The van der Waals surface area contributed by atoms with Crippen molar-refractivity contribution in [2.24, 2.45) is 0 Å². The van der Waals surface area contributed by atoms with E-state index < -0.39 is 16.4 Å². The van der Waals surface area contributed by atoms with Crippen LogP contribution >= 0.6 is 0 Å². The Morgan fingerprint density at radius 3 is 1.71 bits per heavy atom. The Kier molecular flexibility index (Phi) is 9.90. The zero-order valence-electron chi connectivity index (χ0n) is 24.1. The number of aromatic nitrogens is 1. The van der Waals surface area contributed by atoms with E-state index in [0.717, 1.165) is 18.8 Å². The van der Waals surface area contributed by atoms with Gasteiger partial charge in [-0.3, -0.25) is 0 Å². The summed E-state index contributed by atoms with van der Waals surface area (Å²) in [5.41, 5.74) is 10.1. The second-order valence-corrected chi connectivity index (χ2v) is 23.1. The number of benzene rings is 1. The first-order valence-electron chi connectivity index (χ1n) is 13.6. The molecule has 4 heteroatoms. The van der Waals surface area contributed by atoms with E-state index in [1.54, 1.807) is 0 Å². The topological polar surface area (TPSA) is 14.2 Å². The fraction of sp³-hybridized carbons (Fsp3) is 0.667. The monoisotopic (exact) mass is 497 g/mol. The Balaban J connectivity index is 2.49. The predicted octanol–water partition coefficient (Wildman–Crippen LogP) is 9.40. The molecule has 2 aromatic rings. The van der Waals surface area contributed by atoms with E-state index in [4.69, 9.17) is 4.43 Å². The molecule has 0 aliphatic heterocycles. The lowest BCUT2D eigenvalue weighted by atomic mass is 10.2. The minimum Gasteiger partial charge on any atom is -0.414 e. The molecule has 0 fully saturated rings. The van der Waals surface area contributed by atoms with Crippen LogP contribution in [0.3, 0.4) is 0 Å². The summed E-state index contributed by atoms with van der Waals surface area (Å²) in [7, 11) is -3.67. The molecule has 0 atom stereocenters. The van der Waals surface area contributed by atoms with E-state index in [1.807, 2.05) is 0 Å². The molecule has 0 radical (unpaired) electrons. The van der Waals surface area contributed by atoms with Gasteiger partial charge in [0.15, 0.2) is 8.32 Å². The van der Waals surface area contributed by atoms with E-state index >= 15 is 0 Å². The zero-order valence-corrected chi connectivity index (χ0v) is 26.1. The summed E-state index contributed by atoms with van der Waals surface area (Å²) in [6, 6.07) is 11.0. The van der Waals surface area contributed by atoms with Crippen molar-refractivity contribution in [2.45, 2.75) is 123 Å². The molecule has 0 saturated heterocycles. The van der Waals surface area contributed by atoms with Crippen molar-refractivity contribution in [3.05, 3.63) is 36.0 Å². The maximum Gasteiger partial charge on any atom is 0.200 e. The van der Waals surface area contributed by atoms with Gasteiger partial charge >= 0.3 is 0 Å². The molecule has 34 heavy (non-hydrogen) atoms. The molecule has 190 valence electrons. The highest BCUT2D eigenvalue weighted by Gasteiger charge is 2.45. The second kappa shape index (κ2) is 11.6. The molecule has 0 bridgehead atoms. The first-order valence-corrected chi connectivity index (χ1v) is 17.9. The maximum absolute atomic E-state index is 6.93. The minimum atomic E-state index is -1.88. The van der Waals surface area contributed by atoms with Crippen LogP contribution in [0.5, 0.6) is 0 Å². The summed E-state index contributed by atoms with van der Waals surface area (Å²) in [5.74, 6) is 3.73. The third-order valence-corrected chi connectivity index (χ3v) is 20.9. The first-order chi connectivity index (χ1) is 15.8. The first kappa shape index (κ1) is 28.9. The van der Waals surface area contributed by atoms with Gasteiger partial charge in [-0.1, -0.05) is 107 Å². The SMILES string of the molecule is CC(C)[Si](C#Cc1cc2ccccc2n1CCO[Si](C(C)C)(C(C)C)C(C)C)(C(C)C)C(C)C. The summed E-state index contributed by atoms with van der Waals surface area (Å²) in [6.07, 6.45) is 0. The Hall–Kier alpha value is -1.29. The maximum atomic E-state index is 6.93. The Morgan fingerprint density at radius 2 is 1.24 bits per heavy atom. The molecule has 1 aromatic heterocycles. The average Bonchev–Trinajstić information content (AvgIpc) is 3.07. The highest BCUT2D eigenvalue weighted by molar-refractivity contribution is 6.90. The van der Waals surface area contributed by atoms with Crippen molar-refractivity contribution in [1.29, 1.82) is 0 Å². The number of hydrogen-bond donors (Lipinski definition) is 0. The van der Waals surface area contributed by atoms with E-state index in [9.17, 15) is 0 Å². The number of nitrogens with zero attached hydrogens (tertiary/aromatic N) is 1. The van der Waals surface area contributed by atoms with Gasteiger partial charge in [-0.25, -0.2) is 0 Å². The number of hydrogen-bond acceptors (Lipinski definition) is 1. The van der Waals surface area contributed by atoms with Gasteiger partial charge in [0.25, 0.3) is 0 Å². The molecule has 2 nitrogen and oxygen atoms in total. The van der Waals surface area contributed by atoms with Gasteiger partial charge < -0.3 is 8.99 Å². The van der Waals surface area contributed by atoms with E-state index in [1.165, 1.54) is 10.9 Å². The Bertz CT molecular complexity index is 945. The van der Waals surface area contributed by atoms with E-state index in [0.29, 0.717) is 33.2 Å². The molecule has 0 aliphatic rings. The third kappa shape index (κ3) is 5.42. The van der Waals surface area contributed by atoms with Gasteiger partial charge in [-0.05, 0) is 45.4 Å². The Labute approximate surface area is 213 Å². The van der Waals surface area contributed by atoms with Crippen molar-refractivity contribution >= 4 is 27.3 Å². The van der Waals surface area contributed by atoms with Gasteiger partial charge in [0, 0.05) is 17.4 Å². The van der Waals surface area contributed by atoms with Gasteiger partial charge in [-0.15, -0.1) is 5.54 Å². The van der Waals surface area contributed by atoms with Crippen LogP contribution in [0, 0.1) is 11.5 Å².